The summed E-state index contributed by atoms with van der Waals surface area (Å²) in [6, 6.07) is 11.5. The summed E-state index contributed by atoms with van der Waals surface area (Å²) in [6.45, 7) is 2.42. The minimum Gasteiger partial charge on any atom is -0.452 e. The molecule has 0 atom stereocenters. The Labute approximate surface area is 211 Å². The van der Waals surface area contributed by atoms with E-state index >= 15 is 0 Å². The summed E-state index contributed by atoms with van der Waals surface area (Å²) in [6.07, 6.45) is 6.18. The molecule has 10 heteroatoms. The first-order chi connectivity index (χ1) is 16.8. The van der Waals surface area contributed by atoms with Crippen LogP contribution in [0.15, 0.2) is 47.4 Å². The number of rotatable bonds is 7. The van der Waals surface area contributed by atoms with Gasteiger partial charge in [-0.15, -0.1) is 0 Å². The molecule has 2 heterocycles. The van der Waals surface area contributed by atoms with Crippen LogP contribution >= 0.6 is 11.6 Å². The second kappa shape index (κ2) is 11.4. The van der Waals surface area contributed by atoms with Crippen LogP contribution in [-0.4, -0.2) is 57.4 Å². The van der Waals surface area contributed by atoms with Crippen LogP contribution in [0.5, 0.6) is 0 Å². The molecule has 4 rings (SSSR count). The maximum absolute atomic E-state index is 13.0. The fraction of sp³-hybridized carbons (Fsp3) is 0.440. The fourth-order valence-electron chi connectivity index (χ4n) is 4.39. The lowest BCUT2D eigenvalue weighted by Gasteiger charge is -2.28. The van der Waals surface area contributed by atoms with Crippen molar-refractivity contribution in [2.24, 2.45) is 0 Å². The molecule has 0 radical (unpaired) electrons. The number of piperidine rings is 2. The summed E-state index contributed by atoms with van der Waals surface area (Å²) in [5, 5.41) is 2.75. The van der Waals surface area contributed by atoms with Crippen molar-refractivity contribution in [1.82, 2.24) is 4.31 Å². The third kappa shape index (κ3) is 6.34. The Kier molecular flexibility index (Phi) is 8.30. The van der Waals surface area contributed by atoms with Crippen LogP contribution < -0.4 is 10.2 Å². The maximum atomic E-state index is 13.0. The summed E-state index contributed by atoms with van der Waals surface area (Å²) >= 11 is 6.16. The van der Waals surface area contributed by atoms with E-state index in [2.05, 4.69) is 10.2 Å². The number of carbonyl (C=O) groups is 2. The molecule has 2 aliphatic rings. The third-order valence-electron chi connectivity index (χ3n) is 6.31. The highest BCUT2D eigenvalue weighted by atomic mass is 35.5. The number of nitrogens with zero attached hydrogens (tertiary/aromatic N) is 2. The zero-order valence-corrected chi connectivity index (χ0v) is 21.1. The Hall–Kier alpha value is -2.62. The molecule has 0 aromatic heterocycles. The van der Waals surface area contributed by atoms with Crippen LogP contribution in [0.3, 0.4) is 0 Å². The topological polar surface area (TPSA) is 96.0 Å². The average Bonchev–Trinajstić information content (AvgIpc) is 2.89. The molecule has 0 unspecified atom stereocenters. The number of carbonyl (C=O) groups excluding carboxylic acids is 2. The summed E-state index contributed by atoms with van der Waals surface area (Å²) in [5.74, 6) is -1.29. The van der Waals surface area contributed by atoms with Crippen LogP contribution in [0.25, 0.3) is 0 Å². The number of anilines is 2. The van der Waals surface area contributed by atoms with Gasteiger partial charge in [-0.1, -0.05) is 18.0 Å². The lowest BCUT2D eigenvalue weighted by Crippen LogP contribution is -2.35. The molecule has 8 nitrogen and oxygen atoms in total. The minimum absolute atomic E-state index is 0.0173. The van der Waals surface area contributed by atoms with Crippen LogP contribution in [0.1, 0.15) is 48.9 Å². The molecule has 1 N–H and O–H groups in total. The summed E-state index contributed by atoms with van der Waals surface area (Å²) in [4.78, 5) is 27.0. The van der Waals surface area contributed by atoms with Gasteiger partial charge in [0.05, 0.1) is 10.6 Å². The van der Waals surface area contributed by atoms with Gasteiger partial charge >= 0.3 is 5.97 Å². The largest absolute Gasteiger partial charge is 0.452 e. The van der Waals surface area contributed by atoms with Crippen molar-refractivity contribution in [3.63, 3.8) is 0 Å². The van der Waals surface area contributed by atoms with Crippen molar-refractivity contribution in [2.75, 3.05) is 43.0 Å². The molecule has 0 spiro atoms. The van der Waals surface area contributed by atoms with E-state index in [1.54, 1.807) is 0 Å². The average molecular weight is 520 g/mol. The van der Waals surface area contributed by atoms with Crippen LogP contribution in [-0.2, 0) is 19.6 Å². The Bertz CT molecular complexity index is 1160. The Morgan fingerprint density at radius 2 is 1.51 bits per heavy atom. The molecule has 188 valence electrons. The molecule has 0 bridgehead atoms. The van der Waals surface area contributed by atoms with Crippen molar-refractivity contribution in [3.8, 4) is 0 Å². The molecule has 2 fully saturated rings. The molecule has 0 aliphatic carbocycles. The highest BCUT2D eigenvalue weighted by molar-refractivity contribution is 7.89. The summed E-state index contributed by atoms with van der Waals surface area (Å²) < 4.78 is 32.5. The molecule has 35 heavy (non-hydrogen) atoms. The van der Waals surface area contributed by atoms with E-state index in [1.165, 1.54) is 41.8 Å². The molecule has 1 amide bonds. The first kappa shape index (κ1) is 25.5. The maximum Gasteiger partial charge on any atom is 0.338 e. The van der Waals surface area contributed by atoms with Gasteiger partial charge in [0.25, 0.3) is 5.91 Å². The smallest absolute Gasteiger partial charge is 0.338 e. The zero-order chi connectivity index (χ0) is 24.8. The molecule has 0 saturated carbocycles. The van der Waals surface area contributed by atoms with E-state index in [9.17, 15) is 18.0 Å². The standard InChI is InChI=1S/C25H30ClN3O5S/c26-22-12-7-19(17-23(22)35(32,33)29-15-5-2-6-16-29)25(31)34-18-24(30)27-20-8-10-21(11-9-20)28-13-3-1-4-14-28/h7-12,17H,1-6,13-16,18H2,(H,27,30). The number of hydrogen-bond acceptors (Lipinski definition) is 6. The van der Waals surface area contributed by atoms with Crippen molar-refractivity contribution in [3.05, 3.63) is 53.1 Å². The van der Waals surface area contributed by atoms with E-state index in [0.29, 0.717) is 18.8 Å². The van der Waals surface area contributed by atoms with Crippen LogP contribution in [0.2, 0.25) is 5.02 Å². The van der Waals surface area contributed by atoms with E-state index in [4.69, 9.17) is 16.3 Å². The van der Waals surface area contributed by atoms with E-state index in [0.717, 1.165) is 38.0 Å². The van der Waals surface area contributed by atoms with Gasteiger partial charge in [-0.25, -0.2) is 13.2 Å². The van der Waals surface area contributed by atoms with Crippen molar-refractivity contribution in [2.45, 2.75) is 43.4 Å². The van der Waals surface area contributed by atoms with E-state index in [1.807, 2.05) is 24.3 Å². The Morgan fingerprint density at radius 1 is 0.886 bits per heavy atom. The number of esters is 1. The number of halogens is 1. The second-order valence-corrected chi connectivity index (χ2v) is 11.1. The Morgan fingerprint density at radius 3 is 2.17 bits per heavy atom. The van der Waals surface area contributed by atoms with Gasteiger partial charge in [-0.3, -0.25) is 4.79 Å². The van der Waals surface area contributed by atoms with Gasteiger partial charge in [0.1, 0.15) is 4.90 Å². The van der Waals surface area contributed by atoms with Gasteiger partial charge in [0.2, 0.25) is 10.0 Å². The van der Waals surface area contributed by atoms with Gasteiger partial charge < -0.3 is 15.0 Å². The number of nitrogens with one attached hydrogen (secondary N) is 1. The highest BCUT2D eigenvalue weighted by Gasteiger charge is 2.29. The number of hydrogen-bond donors (Lipinski definition) is 1. The van der Waals surface area contributed by atoms with Gasteiger partial charge in [0.15, 0.2) is 6.61 Å². The van der Waals surface area contributed by atoms with E-state index in [-0.39, 0.29) is 15.5 Å². The van der Waals surface area contributed by atoms with Crippen LogP contribution in [0, 0.1) is 0 Å². The lowest BCUT2D eigenvalue weighted by atomic mass is 10.1. The fourth-order valence-corrected chi connectivity index (χ4v) is 6.41. The second-order valence-electron chi connectivity index (χ2n) is 8.83. The quantitative estimate of drug-likeness (QED) is 0.548. The van der Waals surface area contributed by atoms with Crippen molar-refractivity contribution < 1.29 is 22.7 Å². The van der Waals surface area contributed by atoms with Gasteiger partial charge in [-0.2, -0.15) is 4.31 Å². The van der Waals surface area contributed by atoms with Gasteiger partial charge in [0, 0.05) is 37.6 Å². The first-order valence-corrected chi connectivity index (χ1v) is 13.8. The molecule has 2 aromatic carbocycles. The van der Waals surface area contributed by atoms with Crippen LogP contribution in [0.4, 0.5) is 11.4 Å². The molecule has 2 aromatic rings. The Balaban J connectivity index is 1.34. The molecule has 2 aliphatic heterocycles. The summed E-state index contributed by atoms with van der Waals surface area (Å²) in [5.41, 5.74) is 1.74. The van der Waals surface area contributed by atoms with Gasteiger partial charge in [-0.05, 0) is 74.6 Å². The first-order valence-electron chi connectivity index (χ1n) is 12.0. The monoisotopic (exact) mass is 519 g/mol. The van der Waals surface area contributed by atoms with E-state index < -0.39 is 28.5 Å². The van der Waals surface area contributed by atoms with Crippen molar-refractivity contribution >= 4 is 44.9 Å². The predicted molar refractivity (Wildman–Crippen MR) is 135 cm³/mol. The highest BCUT2D eigenvalue weighted by Crippen LogP contribution is 2.28. The number of sulfonamides is 1. The number of ether oxygens (including phenoxy) is 1. The lowest BCUT2D eigenvalue weighted by molar-refractivity contribution is -0.119. The molecular weight excluding hydrogens is 490 g/mol. The molecular formula is C25H30ClN3O5S. The normalized spacial score (nSPS) is 17.1. The number of benzene rings is 2. The molecule has 2 saturated heterocycles. The van der Waals surface area contributed by atoms with Crippen molar-refractivity contribution in [1.29, 1.82) is 0 Å². The SMILES string of the molecule is O=C(COC(=O)c1ccc(Cl)c(S(=O)(=O)N2CCCCC2)c1)Nc1ccc(N2CCCCC2)cc1. The number of amides is 1. The zero-order valence-electron chi connectivity index (χ0n) is 19.5. The summed E-state index contributed by atoms with van der Waals surface area (Å²) in [7, 11) is -3.82. The third-order valence-corrected chi connectivity index (χ3v) is 8.69. The predicted octanol–water partition coefficient (Wildman–Crippen LogP) is 4.30. The minimum atomic E-state index is -3.82.